The molecule has 1 fully saturated rings. The van der Waals surface area contributed by atoms with Crippen LogP contribution in [0.4, 0.5) is 0 Å². The van der Waals surface area contributed by atoms with Crippen LogP contribution in [0.2, 0.25) is 0 Å². The third-order valence-electron chi connectivity index (χ3n) is 3.49. The maximum atomic E-state index is 12.0. The van der Waals surface area contributed by atoms with Crippen molar-refractivity contribution >= 4 is 17.6 Å². The van der Waals surface area contributed by atoms with Gasteiger partial charge in [0, 0.05) is 25.3 Å². The first-order chi connectivity index (χ1) is 9.43. The predicted octanol–water partition coefficient (Wildman–Crippen LogP) is 3.19. The van der Waals surface area contributed by atoms with E-state index < -0.39 is 0 Å². The van der Waals surface area contributed by atoms with Gasteiger partial charge in [0.1, 0.15) is 5.78 Å². The Morgan fingerprint density at radius 3 is 2.25 bits per heavy atom. The van der Waals surface area contributed by atoms with Crippen LogP contribution in [0.25, 0.3) is 0 Å². The molecule has 1 aliphatic rings. The van der Waals surface area contributed by atoms with Crippen molar-refractivity contribution in [1.29, 1.82) is 0 Å². The highest BCUT2D eigenvalue weighted by Gasteiger charge is 2.39. The minimum absolute atomic E-state index is 0.0124. The topological polar surface area (TPSA) is 54.5 Å². The van der Waals surface area contributed by atoms with Gasteiger partial charge in [-0.15, -0.1) is 0 Å². The molecule has 4 nitrogen and oxygen atoms in total. The summed E-state index contributed by atoms with van der Waals surface area (Å²) in [5.41, 5.74) is 0. The van der Waals surface area contributed by atoms with Gasteiger partial charge in [-0.25, -0.2) is 0 Å². The summed E-state index contributed by atoms with van der Waals surface area (Å²) in [6.07, 6.45) is 3.50. The van der Waals surface area contributed by atoms with Crippen molar-refractivity contribution in [2.45, 2.75) is 66.7 Å². The van der Waals surface area contributed by atoms with Gasteiger partial charge in [0.15, 0.2) is 0 Å². The van der Waals surface area contributed by atoms with Gasteiger partial charge in [0.25, 0.3) is 0 Å². The molecule has 0 bridgehead atoms. The Labute approximate surface area is 122 Å². The maximum Gasteiger partial charge on any atom is 0.233 e. The highest BCUT2D eigenvalue weighted by molar-refractivity contribution is 6.03. The molecule has 116 valence electrons. The predicted molar refractivity (Wildman–Crippen MR) is 80.2 cm³/mol. The van der Waals surface area contributed by atoms with Gasteiger partial charge in [-0.1, -0.05) is 34.1 Å². The molecule has 0 aromatic carbocycles. The summed E-state index contributed by atoms with van der Waals surface area (Å²) in [6.45, 7) is 10.1. The van der Waals surface area contributed by atoms with Gasteiger partial charge >= 0.3 is 0 Å². The van der Waals surface area contributed by atoms with E-state index in [-0.39, 0.29) is 29.4 Å². The second kappa shape index (κ2) is 9.67. The van der Waals surface area contributed by atoms with Crippen molar-refractivity contribution in [2.24, 2.45) is 11.8 Å². The standard InChI is InChI=1S/C14H23NO3.C2H6/c1-10(2)12-9-13(17)15(14(12)18)8-6-4-5-7-11(3)16;1-2/h10,12H,4-9H2,1-3H3;1-2H3. The summed E-state index contributed by atoms with van der Waals surface area (Å²) in [7, 11) is 0. The summed E-state index contributed by atoms with van der Waals surface area (Å²) in [5, 5.41) is 0. The first-order valence-corrected chi connectivity index (χ1v) is 7.77. The normalized spacial score (nSPS) is 18.3. The second-order valence-corrected chi connectivity index (χ2v) is 5.45. The smallest absolute Gasteiger partial charge is 0.233 e. The van der Waals surface area contributed by atoms with Gasteiger partial charge < -0.3 is 4.79 Å². The van der Waals surface area contributed by atoms with Crippen LogP contribution in [0.3, 0.4) is 0 Å². The molecule has 4 heteroatoms. The number of unbranched alkanes of at least 4 members (excludes halogenated alkanes) is 2. The lowest BCUT2D eigenvalue weighted by molar-refractivity contribution is -0.139. The number of amides is 2. The van der Waals surface area contributed by atoms with Crippen LogP contribution in [0.15, 0.2) is 0 Å². The summed E-state index contributed by atoms with van der Waals surface area (Å²) >= 11 is 0. The number of carbonyl (C=O) groups is 3. The maximum absolute atomic E-state index is 12.0. The van der Waals surface area contributed by atoms with E-state index in [0.717, 1.165) is 19.3 Å². The molecule has 20 heavy (non-hydrogen) atoms. The van der Waals surface area contributed by atoms with E-state index in [1.165, 1.54) is 4.90 Å². The molecule has 0 N–H and O–H groups in total. The Bertz CT molecular complexity index is 337. The lowest BCUT2D eigenvalue weighted by Crippen LogP contribution is -2.32. The van der Waals surface area contributed by atoms with E-state index in [2.05, 4.69) is 0 Å². The molecule has 1 aliphatic heterocycles. The van der Waals surface area contributed by atoms with Crippen LogP contribution in [-0.4, -0.2) is 29.0 Å². The molecule has 1 rings (SSSR count). The molecule has 0 spiro atoms. The molecule has 1 heterocycles. The number of hydrogen-bond acceptors (Lipinski definition) is 3. The number of imide groups is 1. The number of rotatable bonds is 7. The average Bonchev–Trinajstić information content (AvgIpc) is 2.68. The molecular formula is C16H29NO3. The van der Waals surface area contributed by atoms with Gasteiger partial charge in [-0.3, -0.25) is 14.5 Å². The van der Waals surface area contributed by atoms with E-state index in [1.807, 2.05) is 27.7 Å². The van der Waals surface area contributed by atoms with Crippen molar-refractivity contribution in [2.75, 3.05) is 6.54 Å². The molecule has 0 saturated carbocycles. The van der Waals surface area contributed by atoms with Crippen molar-refractivity contribution in [3.8, 4) is 0 Å². The number of nitrogens with zero attached hydrogens (tertiary/aromatic N) is 1. The van der Waals surface area contributed by atoms with Crippen LogP contribution in [0.5, 0.6) is 0 Å². The van der Waals surface area contributed by atoms with E-state index in [4.69, 9.17) is 0 Å². The summed E-state index contributed by atoms with van der Waals surface area (Å²) in [5.74, 6) is 0.244. The Balaban J connectivity index is 0.00000172. The number of ketones is 1. The zero-order chi connectivity index (χ0) is 15.7. The summed E-state index contributed by atoms with van der Waals surface area (Å²) in [4.78, 5) is 35.9. The fraction of sp³-hybridized carbons (Fsp3) is 0.812. The number of likely N-dealkylation sites (tertiary alicyclic amines) is 1. The zero-order valence-electron chi connectivity index (χ0n) is 13.6. The third kappa shape index (κ3) is 5.85. The molecule has 1 atom stereocenters. The first kappa shape index (κ1) is 18.8. The minimum atomic E-state index is -0.130. The van der Waals surface area contributed by atoms with Crippen LogP contribution < -0.4 is 0 Å². The Kier molecular flexibility index (Phi) is 9.10. The minimum Gasteiger partial charge on any atom is -0.300 e. The van der Waals surface area contributed by atoms with Crippen LogP contribution in [0, 0.1) is 11.8 Å². The monoisotopic (exact) mass is 283 g/mol. The quantitative estimate of drug-likeness (QED) is 0.532. The molecule has 1 unspecified atom stereocenters. The van der Waals surface area contributed by atoms with Gasteiger partial charge in [-0.05, 0) is 25.7 Å². The molecule has 0 aromatic rings. The Morgan fingerprint density at radius 2 is 1.80 bits per heavy atom. The summed E-state index contributed by atoms with van der Waals surface area (Å²) < 4.78 is 0. The second-order valence-electron chi connectivity index (χ2n) is 5.45. The lowest BCUT2D eigenvalue weighted by Gasteiger charge is -2.16. The van der Waals surface area contributed by atoms with Crippen molar-refractivity contribution in [3.63, 3.8) is 0 Å². The Hall–Kier alpha value is -1.19. The van der Waals surface area contributed by atoms with Crippen LogP contribution in [0.1, 0.15) is 66.7 Å². The fourth-order valence-electron chi connectivity index (χ4n) is 2.29. The highest BCUT2D eigenvalue weighted by Crippen LogP contribution is 2.26. The molecule has 0 aromatic heterocycles. The molecule has 1 saturated heterocycles. The van der Waals surface area contributed by atoms with Crippen molar-refractivity contribution in [3.05, 3.63) is 0 Å². The Morgan fingerprint density at radius 1 is 1.20 bits per heavy atom. The van der Waals surface area contributed by atoms with Gasteiger partial charge in [0.05, 0.1) is 0 Å². The lowest BCUT2D eigenvalue weighted by atomic mass is 9.94. The van der Waals surface area contributed by atoms with E-state index >= 15 is 0 Å². The van der Waals surface area contributed by atoms with Crippen molar-refractivity contribution in [1.82, 2.24) is 4.90 Å². The largest absolute Gasteiger partial charge is 0.300 e. The zero-order valence-corrected chi connectivity index (χ0v) is 13.6. The van der Waals surface area contributed by atoms with E-state index in [9.17, 15) is 14.4 Å². The average molecular weight is 283 g/mol. The highest BCUT2D eigenvalue weighted by atomic mass is 16.2. The number of hydrogen-bond donors (Lipinski definition) is 0. The molecular weight excluding hydrogens is 254 g/mol. The summed E-state index contributed by atoms with van der Waals surface area (Å²) in [6, 6.07) is 0. The van der Waals surface area contributed by atoms with E-state index in [1.54, 1.807) is 6.92 Å². The molecule has 2 amide bonds. The SMILES string of the molecule is CC.CC(=O)CCCCCN1C(=O)CC(C(C)C)C1=O. The number of Topliss-reactive ketones (excluding diaryl/α,β-unsaturated/α-hetero) is 1. The van der Waals surface area contributed by atoms with Crippen molar-refractivity contribution < 1.29 is 14.4 Å². The number of carbonyl (C=O) groups excluding carboxylic acids is 3. The van der Waals surface area contributed by atoms with Crippen LogP contribution >= 0.6 is 0 Å². The third-order valence-corrected chi connectivity index (χ3v) is 3.49. The van der Waals surface area contributed by atoms with Crippen LogP contribution in [-0.2, 0) is 14.4 Å². The molecule has 0 radical (unpaired) electrons. The fourth-order valence-corrected chi connectivity index (χ4v) is 2.29. The van der Waals surface area contributed by atoms with E-state index in [0.29, 0.717) is 19.4 Å². The first-order valence-electron chi connectivity index (χ1n) is 7.77. The van der Waals surface area contributed by atoms with Gasteiger partial charge in [0.2, 0.25) is 11.8 Å². The molecule has 0 aliphatic carbocycles. The van der Waals surface area contributed by atoms with Gasteiger partial charge in [-0.2, -0.15) is 0 Å².